The van der Waals surface area contributed by atoms with Crippen LogP contribution in [0.25, 0.3) is 21.9 Å². The first-order chi connectivity index (χ1) is 12.8. The van der Waals surface area contributed by atoms with E-state index >= 15 is 0 Å². The third-order valence-corrected chi connectivity index (χ3v) is 6.88. The highest BCUT2D eigenvalue weighted by molar-refractivity contribution is 6.05. The molecule has 2 aliphatic rings. The summed E-state index contributed by atoms with van der Waals surface area (Å²) >= 11 is 0. The second-order valence-electron chi connectivity index (χ2n) is 8.66. The van der Waals surface area contributed by atoms with Crippen LogP contribution >= 0.6 is 0 Å². The van der Waals surface area contributed by atoms with Crippen LogP contribution in [0.15, 0.2) is 42.5 Å². The van der Waals surface area contributed by atoms with Gasteiger partial charge in [0.05, 0.1) is 0 Å². The Morgan fingerprint density at radius 2 is 1.37 bits per heavy atom. The molecular formula is C24H24O3. The smallest absolute Gasteiger partial charge is 0.162 e. The maximum atomic E-state index is 10.9. The van der Waals surface area contributed by atoms with Gasteiger partial charge in [0, 0.05) is 5.39 Å². The van der Waals surface area contributed by atoms with Crippen molar-refractivity contribution in [2.75, 3.05) is 13.2 Å². The number of phenols is 1. The number of fused-ring (bicyclic) bond motifs is 6. The highest BCUT2D eigenvalue weighted by Gasteiger charge is 2.46. The Morgan fingerprint density at radius 3 is 2.07 bits per heavy atom. The molecule has 0 saturated carbocycles. The molecule has 3 aromatic rings. The molecule has 0 radical (unpaired) electrons. The zero-order chi connectivity index (χ0) is 19.0. The molecule has 1 aliphatic carbocycles. The number of benzene rings is 3. The summed E-state index contributed by atoms with van der Waals surface area (Å²) in [7, 11) is 0. The van der Waals surface area contributed by atoms with Crippen molar-refractivity contribution in [1.82, 2.24) is 0 Å². The summed E-state index contributed by atoms with van der Waals surface area (Å²) in [6, 6.07) is 14.5. The van der Waals surface area contributed by atoms with E-state index < -0.39 is 0 Å². The average Bonchev–Trinajstić information content (AvgIpc) is 2.65. The van der Waals surface area contributed by atoms with Gasteiger partial charge in [-0.25, -0.2) is 0 Å². The molecule has 0 bridgehead atoms. The molecule has 1 aliphatic heterocycles. The molecule has 0 saturated heterocycles. The molecule has 3 heteroatoms. The molecule has 3 aromatic carbocycles. The van der Waals surface area contributed by atoms with Gasteiger partial charge in [-0.2, -0.15) is 0 Å². The fourth-order valence-corrected chi connectivity index (χ4v) is 4.64. The molecule has 5 rings (SSSR count). The lowest BCUT2D eigenvalue weighted by Crippen LogP contribution is -2.43. The van der Waals surface area contributed by atoms with E-state index in [1.807, 2.05) is 18.2 Å². The molecule has 0 amide bonds. The summed E-state index contributed by atoms with van der Waals surface area (Å²) in [6.45, 7) is 10.2. The van der Waals surface area contributed by atoms with Crippen molar-refractivity contribution in [2.24, 2.45) is 0 Å². The average molecular weight is 360 g/mol. The Hall–Kier alpha value is -2.68. The van der Waals surface area contributed by atoms with Crippen LogP contribution in [0.2, 0.25) is 0 Å². The highest BCUT2D eigenvalue weighted by atomic mass is 16.6. The molecule has 0 atom stereocenters. The number of phenolic OH excluding ortho intramolecular Hbond substituents is 1. The number of rotatable bonds is 0. The second kappa shape index (κ2) is 5.19. The van der Waals surface area contributed by atoms with Crippen molar-refractivity contribution in [3.8, 4) is 28.4 Å². The Labute approximate surface area is 159 Å². The van der Waals surface area contributed by atoms with Gasteiger partial charge in [-0.1, -0.05) is 52.0 Å². The monoisotopic (exact) mass is 360 g/mol. The molecule has 0 fully saturated rings. The summed E-state index contributed by atoms with van der Waals surface area (Å²) in [5.74, 6) is 1.75. The first kappa shape index (κ1) is 16.5. The summed E-state index contributed by atoms with van der Waals surface area (Å²) in [5, 5.41) is 12.7. The van der Waals surface area contributed by atoms with Gasteiger partial charge >= 0.3 is 0 Å². The van der Waals surface area contributed by atoms with E-state index in [-0.39, 0.29) is 10.8 Å². The quantitative estimate of drug-likeness (QED) is 0.571. The van der Waals surface area contributed by atoms with Crippen LogP contribution in [0.5, 0.6) is 17.2 Å². The standard InChI is InChI=1S/C24H24O3/c1-23(2)17-8-6-5-7-14(17)22-16-12-21-20(26-9-10-27-21)11-15(16)19(25)13-18(22)24(23,3)4/h5-8,11-13,25H,9-10H2,1-4H3. The fraction of sp³-hybridized carbons (Fsp3) is 0.333. The Balaban J connectivity index is 1.95. The van der Waals surface area contributed by atoms with Gasteiger partial charge in [-0.05, 0) is 56.7 Å². The van der Waals surface area contributed by atoms with Crippen molar-refractivity contribution in [3.63, 3.8) is 0 Å². The lowest BCUT2D eigenvalue weighted by molar-refractivity contribution is 0.172. The van der Waals surface area contributed by atoms with Crippen LogP contribution in [0, 0.1) is 0 Å². The minimum absolute atomic E-state index is 0.0650. The van der Waals surface area contributed by atoms with E-state index in [1.54, 1.807) is 0 Å². The summed E-state index contributed by atoms with van der Waals surface area (Å²) in [5.41, 5.74) is 4.73. The van der Waals surface area contributed by atoms with Gasteiger partial charge in [-0.3, -0.25) is 0 Å². The van der Waals surface area contributed by atoms with Gasteiger partial charge in [0.2, 0.25) is 0 Å². The van der Waals surface area contributed by atoms with Gasteiger partial charge < -0.3 is 14.6 Å². The van der Waals surface area contributed by atoms with Crippen molar-refractivity contribution >= 4 is 10.8 Å². The largest absolute Gasteiger partial charge is 0.507 e. The topological polar surface area (TPSA) is 38.7 Å². The maximum Gasteiger partial charge on any atom is 0.162 e. The number of hydrogen-bond acceptors (Lipinski definition) is 3. The summed E-state index contributed by atoms with van der Waals surface area (Å²) in [4.78, 5) is 0. The zero-order valence-electron chi connectivity index (χ0n) is 16.2. The van der Waals surface area contributed by atoms with E-state index in [1.165, 1.54) is 22.3 Å². The van der Waals surface area contributed by atoms with Crippen LogP contribution in [0.3, 0.4) is 0 Å². The zero-order valence-corrected chi connectivity index (χ0v) is 16.2. The van der Waals surface area contributed by atoms with E-state index in [0.29, 0.717) is 24.7 Å². The van der Waals surface area contributed by atoms with Crippen LogP contribution < -0.4 is 9.47 Å². The SMILES string of the molecule is CC1(C)c2ccccc2-c2c(cc(O)c3cc4c(cc23)OCCO4)C1(C)C. The minimum Gasteiger partial charge on any atom is -0.507 e. The predicted octanol–water partition coefficient (Wildman–Crippen LogP) is 5.55. The third kappa shape index (κ3) is 2.03. The van der Waals surface area contributed by atoms with Gasteiger partial charge in [-0.15, -0.1) is 0 Å². The highest BCUT2D eigenvalue weighted by Crippen LogP contribution is 2.57. The molecular weight excluding hydrogens is 336 g/mol. The van der Waals surface area contributed by atoms with Crippen molar-refractivity contribution in [2.45, 2.75) is 38.5 Å². The molecule has 1 N–H and O–H groups in total. The molecule has 0 unspecified atom stereocenters. The molecule has 3 nitrogen and oxygen atoms in total. The molecule has 27 heavy (non-hydrogen) atoms. The van der Waals surface area contributed by atoms with Gasteiger partial charge in [0.1, 0.15) is 19.0 Å². The Bertz CT molecular complexity index is 1090. The van der Waals surface area contributed by atoms with Crippen LogP contribution in [-0.2, 0) is 10.8 Å². The lowest BCUT2D eigenvalue weighted by atomic mass is 9.55. The Kier molecular flexibility index (Phi) is 3.17. The number of hydrogen-bond donors (Lipinski definition) is 1. The molecule has 0 spiro atoms. The second-order valence-corrected chi connectivity index (χ2v) is 8.66. The van der Waals surface area contributed by atoms with E-state index in [9.17, 15) is 5.11 Å². The molecule has 0 aromatic heterocycles. The first-order valence-corrected chi connectivity index (χ1v) is 9.52. The lowest BCUT2D eigenvalue weighted by Gasteiger charge is -2.48. The van der Waals surface area contributed by atoms with Crippen LogP contribution in [-0.4, -0.2) is 18.3 Å². The normalized spacial score (nSPS) is 18.7. The minimum atomic E-state index is -0.143. The van der Waals surface area contributed by atoms with Crippen LogP contribution in [0.1, 0.15) is 38.8 Å². The summed E-state index contributed by atoms with van der Waals surface area (Å²) in [6.07, 6.45) is 0. The van der Waals surface area contributed by atoms with Crippen molar-refractivity contribution < 1.29 is 14.6 Å². The van der Waals surface area contributed by atoms with E-state index in [0.717, 1.165) is 16.5 Å². The van der Waals surface area contributed by atoms with Crippen molar-refractivity contribution in [1.29, 1.82) is 0 Å². The van der Waals surface area contributed by atoms with Gasteiger partial charge in [0.15, 0.2) is 11.5 Å². The first-order valence-electron chi connectivity index (χ1n) is 9.52. The van der Waals surface area contributed by atoms with Gasteiger partial charge in [0.25, 0.3) is 0 Å². The van der Waals surface area contributed by atoms with E-state index in [4.69, 9.17) is 9.47 Å². The van der Waals surface area contributed by atoms with E-state index in [2.05, 4.69) is 52.0 Å². The Morgan fingerprint density at radius 1 is 0.778 bits per heavy atom. The maximum absolute atomic E-state index is 10.9. The third-order valence-electron chi connectivity index (χ3n) is 6.88. The number of aromatic hydroxyl groups is 1. The molecule has 1 heterocycles. The number of ether oxygens (including phenoxy) is 2. The molecule has 138 valence electrons. The fourth-order valence-electron chi connectivity index (χ4n) is 4.64. The predicted molar refractivity (Wildman–Crippen MR) is 108 cm³/mol. The van der Waals surface area contributed by atoms with Crippen LogP contribution in [0.4, 0.5) is 0 Å². The summed E-state index contributed by atoms with van der Waals surface area (Å²) < 4.78 is 11.6. The van der Waals surface area contributed by atoms with Crippen molar-refractivity contribution in [3.05, 3.63) is 53.6 Å².